The molecule has 2 rings (SSSR count). The Hall–Kier alpha value is -1.06. The molecule has 4 heteroatoms. The lowest BCUT2D eigenvalue weighted by molar-refractivity contribution is -0.145. The lowest BCUT2D eigenvalue weighted by atomic mass is 10.1. The molecule has 2 fully saturated rings. The van der Waals surface area contributed by atoms with Gasteiger partial charge in [0.25, 0.3) is 0 Å². The van der Waals surface area contributed by atoms with Crippen LogP contribution in [0.2, 0.25) is 0 Å². The van der Waals surface area contributed by atoms with E-state index in [9.17, 15) is 9.59 Å². The van der Waals surface area contributed by atoms with E-state index in [2.05, 4.69) is 0 Å². The summed E-state index contributed by atoms with van der Waals surface area (Å²) in [5.74, 6) is -0.723. The molecule has 4 nitrogen and oxygen atoms in total. The number of amides is 1. The Bertz CT molecular complexity index is 238. The summed E-state index contributed by atoms with van der Waals surface area (Å²) in [5.41, 5.74) is 0. The molecule has 1 saturated heterocycles. The minimum absolute atomic E-state index is 0.0497. The summed E-state index contributed by atoms with van der Waals surface area (Å²) in [6.07, 6.45) is 2.83. The van der Waals surface area contributed by atoms with E-state index in [1.165, 1.54) is 4.90 Å². The van der Waals surface area contributed by atoms with Gasteiger partial charge in [-0.3, -0.25) is 9.59 Å². The molecular weight excluding hydrogens is 158 g/mol. The summed E-state index contributed by atoms with van der Waals surface area (Å²) in [5, 5.41) is 8.53. The molecule has 2 atom stereocenters. The van der Waals surface area contributed by atoms with Crippen molar-refractivity contribution >= 4 is 11.9 Å². The molecular formula is C8H11NO3. The number of carboxylic acids is 1. The summed E-state index contributed by atoms with van der Waals surface area (Å²) in [6.45, 7) is -0.111. The molecule has 2 unspecified atom stereocenters. The van der Waals surface area contributed by atoms with Gasteiger partial charge in [-0.1, -0.05) is 0 Å². The molecule has 1 aliphatic carbocycles. The summed E-state index contributed by atoms with van der Waals surface area (Å²) in [4.78, 5) is 23.3. The minimum atomic E-state index is -0.907. The molecule has 1 N–H and O–H groups in total. The second-order valence-electron chi connectivity index (χ2n) is 3.52. The van der Waals surface area contributed by atoms with Gasteiger partial charge >= 0.3 is 5.97 Å². The molecule has 0 radical (unpaired) electrons. The number of fused-ring (bicyclic) bond motifs is 2. The number of hydrogen-bond acceptors (Lipinski definition) is 2. The molecule has 0 spiro atoms. The normalized spacial score (nSPS) is 33.0. The molecule has 12 heavy (non-hydrogen) atoms. The topological polar surface area (TPSA) is 57.6 Å². The number of nitrogens with zero attached hydrogens (tertiary/aromatic N) is 1. The quantitative estimate of drug-likeness (QED) is 0.637. The molecule has 0 aromatic heterocycles. The highest BCUT2D eigenvalue weighted by atomic mass is 16.4. The lowest BCUT2D eigenvalue weighted by Gasteiger charge is -2.24. The van der Waals surface area contributed by atoms with Crippen LogP contribution in [0.4, 0.5) is 0 Å². The van der Waals surface area contributed by atoms with Crippen molar-refractivity contribution in [2.24, 2.45) is 5.92 Å². The average molecular weight is 169 g/mol. The molecule has 1 heterocycles. The first-order chi connectivity index (χ1) is 5.68. The van der Waals surface area contributed by atoms with Crippen LogP contribution in [0.3, 0.4) is 0 Å². The van der Waals surface area contributed by atoms with Crippen molar-refractivity contribution in [1.82, 2.24) is 4.90 Å². The van der Waals surface area contributed by atoms with Gasteiger partial charge in [0.05, 0.1) is 0 Å². The summed E-state index contributed by atoms with van der Waals surface area (Å²) < 4.78 is 0. The van der Waals surface area contributed by atoms with Crippen molar-refractivity contribution in [2.75, 3.05) is 6.54 Å². The van der Waals surface area contributed by atoms with Gasteiger partial charge in [0.1, 0.15) is 6.54 Å². The molecule has 2 aliphatic rings. The number of aliphatic carboxylic acids is 1. The summed E-state index contributed by atoms with van der Waals surface area (Å²) in [7, 11) is 0. The number of hydrogen-bond donors (Lipinski definition) is 1. The fourth-order valence-corrected chi connectivity index (χ4v) is 2.23. The monoisotopic (exact) mass is 169 g/mol. The average Bonchev–Trinajstić information content (AvgIpc) is 2.53. The maximum absolute atomic E-state index is 11.4. The van der Waals surface area contributed by atoms with Crippen molar-refractivity contribution in [3.63, 3.8) is 0 Å². The third-order valence-electron chi connectivity index (χ3n) is 2.78. The maximum Gasteiger partial charge on any atom is 0.323 e. The van der Waals surface area contributed by atoms with Crippen LogP contribution in [-0.2, 0) is 9.59 Å². The lowest BCUT2D eigenvalue weighted by Crippen LogP contribution is -2.40. The Labute approximate surface area is 70.2 Å². The molecule has 66 valence electrons. The van der Waals surface area contributed by atoms with E-state index < -0.39 is 5.97 Å². The van der Waals surface area contributed by atoms with Crippen LogP contribution in [0.25, 0.3) is 0 Å². The standard InChI is InChI=1S/C8H11NO3/c10-7(11)4-9-6-2-1-5(3-6)8(9)12/h5-6H,1-4H2,(H,10,11). The molecule has 2 bridgehead atoms. The number of rotatable bonds is 2. The highest BCUT2D eigenvalue weighted by molar-refractivity contribution is 5.86. The van der Waals surface area contributed by atoms with E-state index in [0.29, 0.717) is 0 Å². The van der Waals surface area contributed by atoms with E-state index in [4.69, 9.17) is 5.11 Å². The Kier molecular flexibility index (Phi) is 1.56. The van der Waals surface area contributed by atoms with Crippen LogP contribution >= 0.6 is 0 Å². The van der Waals surface area contributed by atoms with E-state index in [1.54, 1.807) is 0 Å². The van der Waals surface area contributed by atoms with Crippen molar-refractivity contribution < 1.29 is 14.7 Å². The number of carboxylic acid groups (broad SMARTS) is 1. The van der Waals surface area contributed by atoms with Gasteiger partial charge in [-0.15, -0.1) is 0 Å². The third-order valence-corrected chi connectivity index (χ3v) is 2.78. The number of carbonyl (C=O) groups is 2. The Morgan fingerprint density at radius 2 is 2.33 bits per heavy atom. The second kappa shape index (κ2) is 2.47. The zero-order chi connectivity index (χ0) is 8.72. The molecule has 1 saturated carbocycles. The van der Waals surface area contributed by atoms with E-state index >= 15 is 0 Å². The highest BCUT2D eigenvalue weighted by Gasteiger charge is 2.44. The van der Waals surface area contributed by atoms with Crippen molar-refractivity contribution in [3.05, 3.63) is 0 Å². The zero-order valence-corrected chi connectivity index (χ0v) is 6.69. The third kappa shape index (κ3) is 0.983. The predicted molar refractivity (Wildman–Crippen MR) is 40.5 cm³/mol. The van der Waals surface area contributed by atoms with Crippen LogP contribution in [0.15, 0.2) is 0 Å². The van der Waals surface area contributed by atoms with Gasteiger partial charge in [0.2, 0.25) is 5.91 Å². The Morgan fingerprint density at radius 3 is 2.83 bits per heavy atom. The van der Waals surface area contributed by atoms with Crippen LogP contribution in [0.1, 0.15) is 19.3 Å². The van der Waals surface area contributed by atoms with Crippen molar-refractivity contribution in [3.8, 4) is 0 Å². The number of likely N-dealkylation sites (tertiary alicyclic amines) is 1. The Balaban J connectivity index is 2.07. The molecule has 0 aromatic rings. The van der Waals surface area contributed by atoms with Crippen LogP contribution < -0.4 is 0 Å². The molecule has 1 aliphatic heterocycles. The van der Waals surface area contributed by atoms with E-state index in [-0.39, 0.29) is 24.4 Å². The van der Waals surface area contributed by atoms with Crippen molar-refractivity contribution in [1.29, 1.82) is 0 Å². The van der Waals surface area contributed by atoms with E-state index in [1.807, 2.05) is 0 Å². The van der Waals surface area contributed by atoms with Crippen molar-refractivity contribution in [2.45, 2.75) is 25.3 Å². The fraction of sp³-hybridized carbons (Fsp3) is 0.750. The smallest absolute Gasteiger partial charge is 0.323 e. The first-order valence-electron chi connectivity index (χ1n) is 4.21. The minimum Gasteiger partial charge on any atom is -0.480 e. The van der Waals surface area contributed by atoms with Gasteiger partial charge in [0.15, 0.2) is 0 Å². The zero-order valence-electron chi connectivity index (χ0n) is 6.69. The maximum atomic E-state index is 11.4. The summed E-state index contributed by atoms with van der Waals surface area (Å²) >= 11 is 0. The van der Waals surface area contributed by atoms with Gasteiger partial charge in [0, 0.05) is 12.0 Å². The van der Waals surface area contributed by atoms with E-state index in [0.717, 1.165) is 19.3 Å². The SMILES string of the molecule is O=C(O)CN1C(=O)C2CCC1C2. The highest BCUT2D eigenvalue weighted by Crippen LogP contribution is 2.37. The first-order valence-corrected chi connectivity index (χ1v) is 4.21. The van der Waals surface area contributed by atoms with Gasteiger partial charge in [-0.2, -0.15) is 0 Å². The largest absolute Gasteiger partial charge is 0.480 e. The van der Waals surface area contributed by atoms with Crippen LogP contribution in [0, 0.1) is 5.92 Å². The fourth-order valence-electron chi connectivity index (χ4n) is 2.23. The predicted octanol–water partition coefficient (Wildman–Crippen LogP) is 0.0819. The summed E-state index contributed by atoms with van der Waals surface area (Å²) in [6, 6.07) is 0.221. The number of piperidine rings is 1. The number of carbonyl (C=O) groups excluding carboxylic acids is 1. The first kappa shape index (κ1) is 7.58. The molecule has 1 amide bonds. The second-order valence-corrected chi connectivity index (χ2v) is 3.52. The van der Waals surface area contributed by atoms with Gasteiger partial charge in [-0.25, -0.2) is 0 Å². The van der Waals surface area contributed by atoms with Crippen LogP contribution in [-0.4, -0.2) is 34.5 Å². The van der Waals surface area contributed by atoms with Gasteiger partial charge in [-0.05, 0) is 19.3 Å². The van der Waals surface area contributed by atoms with Gasteiger partial charge < -0.3 is 10.0 Å². The molecule has 0 aromatic carbocycles. The Morgan fingerprint density at radius 1 is 1.58 bits per heavy atom. The van der Waals surface area contributed by atoms with Crippen LogP contribution in [0.5, 0.6) is 0 Å².